The summed E-state index contributed by atoms with van der Waals surface area (Å²) in [5, 5.41) is 9.63. The Labute approximate surface area is 467 Å². The number of benzene rings is 3. The first-order valence-electron chi connectivity index (χ1n) is 25.6. The van der Waals surface area contributed by atoms with Gasteiger partial charge in [-0.2, -0.15) is 0 Å². The first kappa shape index (κ1) is 60.0. The van der Waals surface area contributed by atoms with Gasteiger partial charge in [-0.1, -0.05) is 35.5 Å². The number of nitrogens with one attached hydrogen (secondary N) is 3. The van der Waals surface area contributed by atoms with E-state index in [9.17, 15) is 19.2 Å². The molecule has 0 atom stereocenters. The maximum Gasteiger partial charge on any atom is 0.407 e. The molecule has 3 aromatic carbocycles. The van der Waals surface area contributed by atoms with E-state index < -0.39 is 29.6 Å². The predicted molar refractivity (Wildman–Crippen MR) is 300 cm³/mol. The van der Waals surface area contributed by atoms with Crippen molar-refractivity contribution >= 4 is 24.0 Å². The van der Waals surface area contributed by atoms with Crippen LogP contribution in [0.3, 0.4) is 0 Å². The Balaban J connectivity index is 1.18. The molecule has 0 aliphatic carbocycles. The summed E-state index contributed by atoms with van der Waals surface area (Å²) < 4.78 is 36.8. The van der Waals surface area contributed by atoms with E-state index in [1.54, 1.807) is 32.4 Å². The monoisotopic (exact) mass is 1080 g/mol. The normalized spacial score (nSPS) is 10.6. The number of carbonyl (C=O) groups excluding carboxylic acids is 4. The molecule has 6 rings (SSSR count). The lowest BCUT2D eigenvalue weighted by molar-refractivity contribution is 0.0522. The highest BCUT2D eigenvalue weighted by molar-refractivity contribution is 5.88. The minimum absolute atomic E-state index is 0.0975. The highest BCUT2D eigenvalue weighted by Gasteiger charge is 2.17. The largest absolute Gasteiger partial charge is 0.497 e. The van der Waals surface area contributed by atoms with Crippen LogP contribution in [-0.4, -0.2) is 124 Å². The van der Waals surface area contributed by atoms with Gasteiger partial charge in [0, 0.05) is 85.7 Å². The lowest BCUT2D eigenvalue weighted by Gasteiger charge is -2.23. The Hall–Kier alpha value is -9.25. The third kappa shape index (κ3) is 20.3. The van der Waals surface area contributed by atoms with Gasteiger partial charge in [0.1, 0.15) is 39.9 Å². The zero-order chi connectivity index (χ0) is 57.3. The molecule has 0 unspecified atom stereocenters. The standard InChI is InChI=1S/C62H65N7O11/c1-62(2,3)80-61(73)65-28-9-33-79-54-26-20-45(21-27-54)12-15-48-36-51(68-57(39-48)60(72)78-8)42-69(31-29-63-40-49-34-46(37-55(66-49)58(70)76-6)13-10-43-16-22-52(74-4)23-17-43)32-30-64-41-50-35-47(38-56(67-50)59(71)77-7)14-11-44-18-24-53(75-5)25-19-44/h16-27,34-39,63-64H,9,28-33,40-42H2,1-8H3,(H,65,73). The molecule has 3 heterocycles. The molecule has 18 heteroatoms. The molecule has 80 heavy (non-hydrogen) atoms. The molecule has 0 bridgehead atoms. The quantitative estimate of drug-likeness (QED) is 0.0267. The summed E-state index contributed by atoms with van der Waals surface area (Å²) in [6.45, 7) is 9.08. The van der Waals surface area contributed by atoms with Gasteiger partial charge in [0.2, 0.25) is 0 Å². The number of esters is 3. The van der Waals surface area contributed by atoms with Crippen molar-refractivity contribution in [1.82, 2.24) is 35.8 Å². The van der Waals surface area contributed by atoms with Crippen molar-refractivity contribution in [1.29, 1.82) is 0 Å². The van der Waals surface area contributed by atoms with E-state index in [-0.39, 0.29) is 17.1 Å². The van der Waals surface area contributed by atoms with Gasteiger partial charge in [-0.25, -0.2) is 34.1 Å². The van der Waals surface area contributed by atoms with Crippen molar-refractivity contribution in [2.75, 3.05) is 74.9 Å². The lowest BCUT2D eigenvalue weighted by Crippen LogP contribution is -2.37. The summed E-state index contributed by atoms with van der Waals surface area (Å²) in [5.74, 6) is 19.2. The van der Waals surface area contributed by atoms with E-state index >= 15 is 0 Å². The predicted octanol–water partition coefficient (Wildman–Crippen LogP) is 7.12. The van der Waals surface area contributed by atoms with E-state index in [1.807, 2.05) is 112 Å². The van der Waals surface area contributed by atoms with Crippen LogP contribution in [0.15, 0.2) is 109 Å². The first-order chi connectivity index (χ1) is 38.6. The summed E-state index contributed by atoms with van der Waals surface area (Å²) in [6.07, 6.45) is 0.109. The van der Waals surface area contributed by atoms with Crippen LogP contribution >= 0.6 is 0 Å². The van der Waals surface area contributed by atoms with E-state index in [1.165, 1.54) is 21.3 Å². The van der Waals surface area contributed by atoms with Crippen molar-refractivity contribution in [3.8, 4) is 52.8 Å². The third-order valence-corrected chi connectivity index (χ3v) is 11.4. The average molecular weight is 1080 g/mol. The molecule has 0 saturated carbocycles. The van der Waals surface area contributed by atoms with Gasteiger partial charge in [-0.05, 0) is 136 Å². The number of ether oxygens (including phenoxy) is 7. The molecule has 0 fully saturated rings. The van der Waals surface area contributed by atoms with Crippen LogP contribution in [0.25, 0.3) is 0 Å². The van der Waals surface area contributed by atoms with Crippen molar-refractivity contribution in [2.24, 2.45) is 0 Å². The number of pyridine rings is 3. The molecule has 0 aliphatic heterocycles. The average Bonchev–Trinajstić information content (AvgIpc) is 3.48. The van der Waals surface area contributed by atoms with Crippen molar-refractivity contribution in [2.45, 2.75) is 52.4 Å². The molecular formula is C62H65N7O11. The summed E-state index contributed by atoms with van der Waals surface area (Å²) >= 11 is 0. The zero-order valence-electron chi connectivity index (χ0n) is 46.2. The van der Waals surface area contributed by atoms with E-state index in [2.05, 4.69) is 66.3 Å². The minimum Gasteiger partial charge on any atom is -0.497 e. The number of carbonyl (C=O) groups is 4. The van der Waals surface area contributed by atoms with Gasteiger partial charge in [0.25, 0.3) is 0 Å². The Morgan fingerprint density at radius 1 is 0.487 bits per heavy atom. The maximum absolute atomic E-state index is 13.0. The number of amides is 1. The smallest absolute Gasteiger partial charge is 0.407 e. The molecule has 0 radical (unpaired) electrons. The summed E-state index contributed by atoms with van der Waals surface area (Å²) in [4.78, 5) is 66.3. The Kier molecular flexibility index (Phi) is 23.0. The molecule has 3 N–H and O–H groups in total. The fraction of sp³-hybridized carbons (Fsp3) is 0.306. The number of rotatable bonds is 22. The molecule has 18 nitrogen and oxygen atoms in total. The topological polar surface area (TPSA) is 211 Å². The van der Waals surface area contributed by atoms with Crippen LogP contribution in [0.2, 0.25) is 0 Å². The van der Waals surface area contributed by atoms with Gasteiger partial charge < -0.3 is 49.1 Å². The second-order valence-electron chi connectivity index (χ2n) is 18.7. The van der Waals surface area contributed by atoms with Gasteiger partial charge in [-0.15, -0.1) is 0 Å². The molecule has 3 aromatic heterocycles. The van der Waals surface area contributed by atoms with Crippen molar-refractivity contribution in [3.63, 3.8) is 0 Å². The molecule has 6 aromatic rings. The van der Waals surface area contributed by atoms with Gasteiger partial charge in [-0.3, -0.25) is 4.90 Å². The molecular weight excluding hydrogens is 1020 g/mol. The van der Waals surface area contributed by atoms with Crippen LogP contribution in [0.1, 0.15) is 109 Å². The van der Waals surface area contributed by atoms with Gasteiger partial charge >= 0.3 is 24.0 Å². The Bertz CT molecular complexity index is 3130. The van der Waals surface area contributed by atoms with E-state index in [0.29, 0.717) is 122 Å². The number of hydrogen-bond donors (Lipinski definition) is 3. The summed E-state index contributed by atoms with van der Waals surface area (Å²) in [5.41, 5.74) is 5.48. The van der Waals surface area contributed by atoms with Crippen LogP contribution in [0, 0.1) is 35.5 Å². The van der Waals surface area contributed by atoms with Crippen molar-refractivity contribution in [3.05, 3.63) is 177 Å². The van der Waals surface area contributed by atoms with Crippen molar-refractivity contribution < 1.29 is 52.3 Å². The summed E-state index contributed by atoms with van der Waals surface area (Å²) in [7, 11) is 7.10. The Morgan fingerprint density at radius 3 is 1.25 bits per heavy atom. The van der Waals surface area contributed by atoms with Crippen LogP contribution < -0.4 is 30.2 Å². The molecule has 0 spiro atoms. The number of nitrogens with zero attached hydrogens (tertiary/aromatic N) is 4. The van der Waals surface area contributed by atoms with Crippen LogP contribution in [0.4, 0.5) is 4.79 Å². The minimum atomic E-state index is -0.614. The number of methoxy groups -OCH3 is 5. The number of aromatic nitrogens is 3. The van der Waals surface area contributed by atoms with E-state index in [0.717, 1.165) is 11.1 Å². The zero-order valence-corrected chi connectivity index (χ0v) is 46.2. The molecule has 414 valence electrons. The highest BCUT2D eigenvalue weighted by atomic mass is 16.6. The maximum atomic E-state index is 13.0. The van der Waals surface area contributed by atoms with Gasteiger partial charge in [0.15, 0.2) is 0 Å². The fourth-order valence-corrected chi connectivity index (χ4v) is 7.46. The number of hydrogen-bond acceptors (Lipinski definition) is 17. The van der Waals surface area contributed by atoms with E-state index in [4.69, 9.17) is 38.1 Å². The molecule has 1 amide bonds. The second-order valence-corrected chi connectivity index (χ2v) is 18.7. The third-order valence-electron chi connectivity index (χ3n) is 11.4. The fourth-order valence-electron chi connectivity index (χ4n) is 7.46. The highest BCUT2D eigenvalue weighted by Crippen LogP contribution is 2.17. The first-order valence-corrected chi connectivity index (χ1v) is 25.6. The number of alkyl carbamates (subject to hydrolysis) is 1. The molecule has 0 aliphatic rings. The van der Waals surface area contributed by atoms with Gasteiger partial charge in [0.05, 0.1) is 59.2 Å². The van der Waals surface area contributed by atoms with Crippen LogP contribution in [-0.2, 0) is 38.6 Å². The SMILES string of the molecule is COC(=O)c1cc(C#Cc2ccc(OC)cc2)cc(CNCCN(CCNCc2cc(C#Cc3ccc(OC)cc3)cc(C(=O)OC)n2)Cc2cc(C#Cc3ccc(OCCCNC(=O)OC(C)(C)C)cc3)cc(C(=O)OC)n2)n1. The van der Waals surface area contributed by atoms with Crippen LogP contribution in [0.5, 0.6) is 17.2 Å². The Morgan fingerprint density at radius 2 is 0.863 bits per heavy atom. The molecule has 0 saturated heterocycles. The summed E-state index contributed by atoms with van der Waals surface area (Å²) in [6, 6.07) is 32.3. The lowest BCUT2D eigenvalue weighted by atomic mass is 10.1. The second kappa shape index (κ2) is 30.6.